The van der Waals surface area contributed by atoms with E-state index in [1.54, 1.807) is 23.3 Å². The predicted octanol–water partition coefficient (Wildman–Crippen LogP) is 4.13. The number of benzene rings is 2. The molecular formula is C31H32N6O4S. The Labute approximate surface area is 247 Å². The van der Waals surface area contributed by atoms with Crippen molar-refractivity contribution >= 4 is 27.9 Å². The van der Waals surface area contributed by atoms with E-state index in [2.05, 4.69) is 4.90 Å². The lowest BCUT2D eigenvalue weighted by atomic mass is 10.1. The molecule has 0 aliphatic carbocycles. The number of para-hydroxylation sites is 4. The van der Waals surface area contributed by atoms with Crippen molar-refractivity contribution in [2.24, 2.45) is 0 Å². The highest BCUT2D eigenvalue weighted by Gasteiger charge is 2.25. The molecule has 0 atom stereocenters. The Morgan fingerprint density at radius 3 is 2.26 bits per heavy atom. The van der Waals surface area contributed by atoms with Crippen molar-refractivity contribution in [2.45, 2.75) is 20.3 Å². The van der Waals surface area contributed by atoms with Gasteiger partial charge in [-0.05, 0) is 44.2 Å². The molecular weight excluding hydrogens is 552 g/mol. The summed E-state index contributed by atoms with van der Waals surface area (Å²) in [5.41, 5.74) is 4.60. The second-order valence-electron chi connectivity index (χ2n) is 10.2. The van der Waals surface area contributed by atoms with Crippen molar-refractivity contribution in [3.63, 3.8) is 0 Å². The van der Waals surface area contributed by atoms with Gasteiger partial charge < -0.3 is 19.3 Å². The molecule has 4 heterocycles. The third-order valence-electron chi connectivity index (χ3n) is 7.67. The first kappa shape index (κ1) is 27.5. The molecule has 10 nitrogen and oxygen atoms in total. The number of hydrogen-bond donors (Lipinski definition) is 0. The standard InChI is InChI=1S/C31H32N6O4S/c1-20-17-23(33-37(20)25-10-6-8-12-27(25)41-4)29-21(2)32-31-36(30(29)39)22(19-42-31)18-28(38)35-15-13-34(14-16-35)24-9-5-7-11-26(24)40-3/h5-12,17,19H,13-16,18H2,1-4H3. The van der Waals surface area contributed by atoms with Crippen LogP contribution in [0.5, 0.6) is 11.5 Å². The van der Waals surface area contributed by atoms with Gasteiger partial charge in [0, 0.05) is 42.9 Å². The number of carbonyl (C=O) groups is 1. The molecule has 216 valence electrons. The van der Waals surface area contributed by atoms with Gasteiger partial charge in [0.15, 0.2) is 4.96 Å². The Balaban J connectivity index is 1.26. The highest BCUT2D eigenvalue weighted by Crippen LogP contribution is 2.29. The Kier molecular flexibility index (Phi) is 7.42. The van der Waals surface area contributed by atoms with Gasteiger partial charge in [0.2, 0.25) is 5.91 Å². The van der Waals surface area contributed by atoms with Crippen molar-refractivity contribution in [3.8, 4) is 28.4 Å². The number of aromatic nitrogens is 4. The fourth-order valence-corrected chi connectivity index (χ4v) is 6.45. The molecule has 6 rings (SSSR count). The monoisotopic (exact) mass is 584 g/mol. The summed E-state index contributed by atoms with van der Waals surface area (Å²) in [4.78, 5) is 36.7. The summed E-state index contributed by atoms with van der Waals surface area (Å²) in [5.74, 6) is 1.49. The summed E-state index contributed by atoms with van der Waals surface area (Å²) < 4.78 is 14.4. The molecule has 0 N–H and O–H groups in total. The number of rotatable bonds is 7. The van der Waals surface area contributed by atoms with Gasteiger partial charge in [0.25, 0.3) is 5.56 Å². The molecule has 2 aromatic carbocycles. The van der Waals surface area contributed by atoms with Crippen LogP contribution in [-0.2, 0) is 11.2 Å². The number of methoxy groups -OCH3 is 2. The fourth-order valence-electron chi connectivity index (χ4n) is 5.52. The minimum atomic E-state index is -0.229. The quantitative estimate of drug-likeness (QED) is 0.284. The van der Waals surface area contributed by atoms with E-state index in [1.165, 1.54) is 11.3 Å². The number of anilines is 1. The van der Waals surface area contributed by atoms with Gasteiger partial charge in [0.05, 0.1) is 37.6 Å². The number of fused-ring (bicyclic) bond motifs is 1. The maximum absolute atomic E-state index is 13.9. The molecule has 0 spiro atoms. The lowest BCUT2D eigenvalue weighted by Crippen LogP contribution is -2.49. The van der Waals surface area contributed by atoms with Gasteiger partial charge in [-0.15, -0.1) is 11.3 Å². The molecule has 11 heteroatoms. The third kappa shape index (κ3) is 4.89. The molecule has 1 aliphatic heterocycles. The van der Waals surface area contributed by atoms with Gasteiger partial charge in [-0.2, -0.15) is 5.10 Å². The van der Waals surface area contributed by atoms with E-state index in [0.717, 1.165) is 22.8 Å². The van der Waals surface area contributed by atoms with E-state index in [9.17, 15) is 9.59 Å². The fraction of sp³-hybridized carbons (Fsp3) is 0.290. The second kappa shape index (κ2) is 11.3. The van der Waals surface area contributed by atoms with E-state index >= 15 is 0 Å². The molecule has 5 aromatic rings. The molecule has 0 saturated carbocycles. The van der Waals surface area contributed by atoms with Crippen LogP contribution in [0.4, 0.5) is 5.69 Å². The summed E-state index contributed by atoms with van der Waals surface area (Å²) >= 11 is 1.36. The largest absolute Gasteiger partial charge is 0.495 e. The first-order chi connectivity index (χ1) is 20.4. The molecule has 1 saturated heterocycles. The van der Waals surface area contributed by atoms with Crippen molar-refractivity contribution in [2.75, 3.05) is 45.3 Å². The first-order valence-corrected chi connectivity index (χ1v) is 14.6. The molecule has 3 aromatic heterocycles. The number of amides is 1. The van der Waals surface area contributed by atoms with Crippen LogP contribution in [0.2, 0.25) is 0 Å². The maximum atomic E-state index is 13.9. The van der Waals surface area contributed by atoms with E-state index in [0.29, 0.717) is 59.5 Å². The molecule has 1 amide bonds. The third-order valence-corrected chi connectivity index (χ3v) is 8.54. The van der Waals surface area contributed by atoms with Gasteiger partial charge in [-0.3, -0.25) is 14.0 Å². The number of ether oxygens (including phenoxy) is 2. The zero-order chi connectivity index (χ0) is 29.4. The minimum Gasteiger partial charge on any atom is -0.495 e. The van der Waals surface area contributed by atoms with E-state index in [1.807, 2.05) is 78.7 Å². The number of nitrogens with zero attached hydrogens (tertiary/aromatic N) is 6. The SMILES string of the molecule is COc1ccccc1N1CCN(C(=O)Cc2csc3nc(C)c(-c4cc(C)n(-c5ccccc5OC)n4)c(=O)n23)CC1. The number of hydrogen-bond acceptors (Lipinski definition) is 8. The molecule has 0 bridgehead atoms. The van der Waals surface area contributed by atoms with Crippen LogP contribution < -0.4 is 19.9 Å². The second-order valence-corrected chi connectivity index (χ2v) is 11.0. The van der Waals surface area contributed by atoms with Crippen LogP contribution in [0, 0.1) is 13.8 Å². The zero-order valence-electron chi connectivity index (χ0n) is 24.0. The van der Waals surface area contributed by atoms with Gasteiger partial charge >= 0.3 is 0 Å². The molecule has 42 heavy (non-hydrogen) atoms. The van der Waals surface area contributed by atoms with E-state index in [4.69, 9.17) is 19.6 Å². The Bertz CT molecular complexity index is 1830. The highest BCUT2D eigenvalue weighted by molar-refractivity contribution is 7.15. The van der Waals surface area contributed by atoms with Gasteiger partial charge in [-0.25, -0.2) is 9.67 Å². The lowest BCUT2D eigenvalue weighted by molar-refractivity contribution is -0.130. The van der Waals surface area contributed by atoms with Gasteiger partial charge in [0.1, 0.15) is 22.9 Å². The average Bonchev–Trinajstić information content (AvgIpc) is 3.59. The molecule has 1 aliphatic rings. The number of aryl methyl sites for hydroxylation is 2. The minimum absolute atomic E-state index is 0.0142. The summed E-state index contributed by atoms with van der Waals surface area (Å²) in [5, 5.41) is 6.63. The first-order valence-electron chi connectivity index (χ1n) is 13.8. The van der Waals surface area contributed by atoms with Crippen molar-refractivity contribution < 1.29 is 14.3 Å². The Hall–Kier alpha value is -4.64. The average molecular weight is 585 g/mol. The smallest absolute Gasteiger partial charge is 0.268 e. The molecule has 0 radical (unpaired) electrons. The topological polar surface area (TPSA) is 94.2 Å². The van der Waals surface area contributed by atoms with Crippen LogP contribution in [0.25, 0.3) is 21.9 Å². The van der Waals surface area contributed by atoms with Crippen LogP contribution >= 0.6 is 11.3 Å². The summed E-state index contributed by atoms with van der Waals surface area (Å²) in [6.07, 6.45) is 0.118. The van der Waals surface area contributed by atoms with Crippen molar-refractivity contribution in [3.05, 3.63) is 87.4 Å². The normalized spacial score (nSPS) is 13.5. The summed E-state index contributed by atoms with van der Waals surface area (Å²) in [6, 6.07) is 17.4. The van der Waals surface area contributed by atoms with E-state index in [-0.39, 0.29) is 17.9 Å². The number of carbonyl (C=O) groups excluding carboxylic acids is 1. The van der Waals surface area contributed by atoms with Crippen LogP contribution in [-0.4, -0.2) is 70.4 Å². The van der Waals surface area contributed by atoms with Crippen LogP contribution in [0.15, 0.2) is 64.8 Å². The van der Waals surface area contributed by atoms with Crippen LogP contribution in [0.3, 0.4) is 0 Å². The summed E-state index contributed by atoms with van der Waals surface area (Å²) in [6.45, 7) is 6.35. The summed E-state index contributed by atoms with van der Waals surface area (Å²) in [7, 11) is 3.29. The highest BCUT2D eigenvalue weighted by atomic mass is 32.1. The van der Waals surface area contributed by atoms with Gasteiger partial charge in [-0.1, -0.05) is 24.3 Å². The zero-order valence-corrected chi connectivity index (χ0v) is 24.9. The van der Waals surface area contributed by atoms with Crippen molar-refractivity contribution in [1.29, 1.82) is 0 Å². The Morgan fingerprint density at radius 1 is 0.929 bits per heavy atom. The van der Waals surface area contributed by atoms with Crippen molar-refractivity contribution in [1.82, 2.24) is 24.1 Å². The number of thiazole rings is 1. The molecule has 0 unspecified atom stereocenters. The predicted molar refractivity (Wildman–Crippen MR) is 163 cm³/mol. The van der Waals surface area contributed by atoms with Crippen LogP contribution in [0.1, 0.15) is 17.1 Å². The maximum Gasteiger partial charge on any atom is 0.268 e. The Morgan fingerprint density at radius 2 is 1.57 bits per heavy atom. The lowest BCUT2D eigenvalue weighted by Gasteiger charge is -2.36. The molecule has 1 fully saturated rings. The van der Waals surface area contributed by atoms with E-state index < -0.39 is 0 Å². The number of piperazine rings is 1.